The van der Waals surface area contributed by atoms with Gasteiger partial charge in [0, 0.05) is 11.8 Å². The molecule has 2 aromatic carbocycles. The van der Waals surface area contributed by atoms with Crippen LogP contribution in [0.25, 0.3) is 0 Å². The molecule has 3 aliphatic heterocycles. The lowest BCUT2D eigenvalue weighted by Gasteiger charge is -2.39. The maximum absolute atomic E-state index is 10.3. The van der Waals surface area contributed by atoms with Crippen molar-refractivity contribution in [3.8, 4) is 23.0 Å². The lowest BCUT2D eigenvalue weighted by atomic mass is 9.85. The van der Waals surface area contributed by atoms with E-state index in [4.69, 9.17) is 33.2 Å². The smallest absolute Gasteiger partial charge is 0.229 e. The second kappa shape index (κ2) is 11.2. The number of hydrogen-bond acceptors (Lipinski definition) is 11. The summed E-state index contributed by atoms with van der Waals surface area (Å²) in [5.74, 6) is 2.21. The first-order valence-corrected chi connectivity index (χ1v) is 12.5. The van der Waals surface area contributed by atoms with Gasteiger partial charge in [0.15, 0.2) is 23.0 Å². The Kier molecular flexibility index (Phi) is 7.96. The van der Waals surface area contributed by atoms with Gasteiger partial charge in [0.1, 0.15) is 24.4 Å². The number of aliphatic hydroxyl groups is 4. The van der Waals surface area contributed by atoms with Gasteiger partial charge in [0.25, 0.3) is 0 Å². The predicted molar refractivity (Wildman–Crippen MR) is 131 cm³/mol. The van der Waals surface area contributed by atoms with E-state index in [-0.39, 0.29) is 29.8 Å². The van der Waals surface area contributed by atoms with Crippen LogP contribution in [0.4, 0.5) is 0 Å². The predicted octanol–water partition coefficient (Wildman–Crippen LogP) is 0.966. The largest absolute Gasteiger partial charge is 0.493 e. The van der Waals surface area contributed by atoms with Crippen LogP contribution in [-0.4, -0.2) is 92.3 Å². The van der Waals surface area contributed by atoms with Gasteiger partial charge in [0.2, 0.25) is 6.29 Å². The van der Waals surface area contributed by atoms with E-state index in [2.05, 4.69) is 0 Å². The van der Waals surface area contributed by atoms with Crippen molar-refractivity contribution in [1.29, 1.82) is 0 Å². The number of ether oxygens (including phenoxy) is 7. The Balaban J connectivity index is 1.31. The molecule has 2 aromatic rings. The number of methoxy groups -OCH3 is 3. The molecule has 0 unspecified atom stereocenters. The average molecular weight is 535 g/mol. The van der Waals surface area contributed by atoms with E-state index in [9.17, 15) is 20.4 Å². The molecule has 5 rings (SSSR count). The summed E-state index contributed by atoms with van der Waals surface area (Å²) in [5, 5.41) is 39.8. The van der Waals surface area contributed by atoms with Crippen molar-refractivity contribution in [2.24, 2.45) is 11.8 Å². The Morgan fingerprint density at radius 1 is 0.711 bits per heavy atom. The molecule has 0 aliphatic carbocycles. The molecular weight excluding hydrogens is 500 g/mol. The minimum absolute atomic E-state index is 0.120. The zero-order valence-corrected chi connectivity index (χ0v) is 21.4. The minimum Gasteiger partial charge on any atom is -0.493 e. The molecule has 9 atom stereocenters. The number of aliphatic hydroxyl groups excluding tert-OH is 4. The average Bonchev–Trinajstić information content (AvgIpc) is 3.55. The lowest BCUT2D eigenvalue weighted by Crippen LogP contribution is -2.60. The summed E-state index contributed by atoms with van der Waals surface area (Å²) in [7, 11) is 4.69. The molecule has 4 N–H and O–H groups in total. The van der Waals surface area contributed by atoms with Gasteiger partial charge in [-0.05, 0) is 35.4 Å². The molecule has 3 aliphatic rings. The van der Waals surface area contributed by atoms with Crippen molar-refractivity contribution < 1.29 is 53.6 Å². The Morgan fingerprint density at radius 2 is 1.24 bits per heavy atom. The maximum atomic E-state index is 10.3. The molecule has 208 valence electrons. The molecule has 0 spiro atoms. The van der Waals surface area contributed by atoms with Crippen molar-refractivity contribution in [3.05, 3.63) is 47.5 Å². The van der Waals surface area contributed by atoms with Crippen LogP contribution in [-0.2, 0) is 14.2 Å². The maximum Gasteiger partial charge on any atom is 0.229 e. The van der Waals surface area contributed by atoms with Crippen molar-refractivity contribution in [3.63, 3.8) is 0 Å². The fourth-order valence-electron chi connectivity index (χ4n) is 5.51. The molecule has 38 heavy (non-hydrogen) atoms. The molecule has 0 radical (unpaired) electrons. The van der Waals surface area contributed by atoms with E-state index in [1.807, 2.05) is 24.3 Å². The van der Waals surface area contributed by atoms with Crippen molar-refractivity contribution >= 4 is 0 Å². The van der Waals surface area contributed by atoms with Crippen molar-refractivity contribution in [1.82, 2.24) is 0 Å². The van der Waals surface area contributed by atoms with Crippen molar-refractivity contribution in [2.45, 2.75) is 42.9 Å². The first kappa shape index (κ1) is 26.9. The van der Waals surface area contributed by atoms with Crippen molar-refractivity contribution in [2.75, 3.05) is 41.2 Å². The molecule has 0 amide bonds. The van der Waals surface area contributed by atoms with Crippen LogP contribution >= 0.6 is 0 Å². The highest BCUT2D eigenvalue weighted by Gasteiger charge is 2.49. The van der Waals surface area contributed by atoms with Crippen LogP contribution in [0.5, 0.6) is 23.0 Å². The Labute approximate surface area is 220 Å². The highest BCUT2D eigenvalue weighted by Crippen LogP contribution is 2.51. The molecule has 0 saturated carbocycles. The van der Waals surface area contributed by atoms with E-state index in [1.165, 1.54) is 7.11 Å². The standard InChI is InChI=1S/C27H34O11/c1-32-17-6-4-13(8-19(17)33-2)25-15-11-36-26(16(15)12-35-25)14-5-7-18(20(9-14)34-3)37-27-24(31)23(30)22(29)21(10-28)38-27/h4-9,15-16,21-31H,10-12H2,1-3H3/t15-,16-,21-,22-,23+,24-,25-,26-,27-/m1/s1. The lowest BCUT2D eigenvalue weighted by molar-refractivity contribution is -0.277. The summed E-state index contributed by atoms with van der Waals surface area (Å²) < 4.78 is 40.1. The van der Waals surface area contributed by atoms with Crippen LogP contribution in [0.2, 0.25) is 0 Å². The van der Waals surface area contributed by atoms with Gasteiger partial charge in [-0.3, -0.25) is 0 Å². The molecular formula is C27H34O11. The molecule has 11 heteroatoms. The van der Waals surface area contributed by atoms with Gasteiger partial charge in [-0.1, -0.05) is 12.1 Å². The normalized spacial score (nSPS) is 34.6. The summed E-state index contributed by atoms with van der Waals surface area (Å²) in [6.07, 6.45) is -7.29. The minimum atomic E-state index is -1.54. The van der Waals surface area contributed by atoms with E-state index < -0.39 is 37.3 Å². The molecule has 3 fully saturated rings. The molecule has 3 saturated heterocycles. The summed E-state index contributed by atoms with van der Waals surface area (Å²) >= 11 is 0. The quantitative estimate of drug-likeness (QED) is 0.384. The first-order valence-electron chi connectivity index (χ1n) is 12.5. The second-order valence-corrected chi connectivity index (χ2v) is 9.68. The van der Waals surface area contributed by atoms with Gasteiger partial charge < -0.3 is 53.6 Å². The van der Waals surface area contributed by atoms with Crippen LogP contribution in [0.1, 0.15) is 23.3 Å². The van der Waals surface area contributed by atoms with Gasteiger partial charge in [-0.15, -0.1) is 0 Å². The topological polar surface area (TPSA) is 146 Å². The number of hydrogen-bond donors (Lipinski definition) is 4. The summed E-state index contributed by atoms with van der Waals surface area (Å²) in [4.78, 5) is 0. The first-order chi connectivity index (χ1) is 18.4. The molecule has 3 heterocycles. The fraction of sp³-hybridized carbons (Fsp3) is 0.556. The SMILES string of the molecule is COc1ccc([C@H]2OC[C@@H]3[C@H]2CO[C@@H]3c2ccc(O[C@@H]3O[C@H](CO)[C@@H](O)[C@H](O)[C@H]3O)c(OC)c2)cc1OC. The number of fused-ring (bicyclic) bond motifs is 1. The van der Waals surface area contributed by atoms with Crippen LogP contribution < -0.4 is 18.9 Å². The van der Waals surface area contributed by atoms with Gasteiger partial charge in [-0.25, -0.2) is 0 Å². The highest BCUT2D eigenvalue weighted by atomic mass is 16.7. The third kappa shape index (κ3) is 4.79. The molecule has 0 aromatic heterocycles. The molecule has 11 nitrogen and oxygen atoms in total. The Hall–Kier alpha value is -2.64. The number of benzene rings is 2. The Morgan fingerprint density at radius 3 is 1.76 bits per heavy atom. The van der Waals surface area contributed by atoms with E-state index in [1.54, 1.807) is 26.4 Å². The number of rotatable bonds is 8. The van der Waals surface area contributed by atoms with Crippen LogP contribution in [0, 0.1) is 11.8 Å². The fourth-order valence-corrected chi connectivity index (χ4v) is 5.51. The zero-order chi connectivity index (χ0) is 27.0. The third-order valence-electron chi connectivity index (χ3n) is 7.61. The van der Waals surface area contributed by atoms with Gasteiger partial charge in [-0.2, -0.15) is 0 Å². The zero-order valence-electron chi connectivity index (χ0n) is 21.4. The van der Waals surface area contributed by atoms with E-state index >= 15 is 0 Å². The van der Waals surface area contributed by atoms with Gasteiger partial charge >= 0.3 is 0 Å². The van der Waals surface area contributed by atoms with Crippen LogP contribution in [0.3, 0.4) is 0 Å². The van der Waals surface area contributed by atoms with E-state index in [0.717, 1.165) is 11.1 Å². The monoisotopic (exact) mass is 534 g/mol. The third-order valence-corrected chi connectivity index (χ3v) is 7.61. The van der Waals surface area contributed by atoms with Crippen LogP contribution in [0.15, 0.2) is 36.4 Å². The highest BCUT2D eigenvalue weighted by molar-refractivity contribution is 5.45. The molecule has 0 bridgehead atoms. The summed E-state index contributed by atoms with van der Waals surface area (Å²) in [6.45, 7) is 0.508. The summed E-state index contributed by atoms with van der Waals surface area (Å²) in [5.41, 5.74) is 1.88. The van der Waals surface area contributed by atoms with Gasteiger partial charge in [0.05, 0.1) is 53.4 Å². The Bertz CT molecular complexity index is 1110. The summed E-state index contributed by atoms with van der Waals surface area (Å²) in [6, 6.07) is 11.1. The second-order valence-electron chi connectivity index (χ2n) is 9.68. The van der Waals surface area contributed by atoms with E-state index in [0.29, 0.717) is 30.5 Å².